The highest BCUT2D eigenvalue weighted by molar-refractivity contribution is 14.2. The Balaban J connectivity index is 1.14. The van der Waals surface area contributed by atoms with Gasteiger partial charge in [0, 0.05) is 49.9 Å². The molecule has 0 fully saturated rings. The van der Waals surface area contributed by atoms with Gasteiger partial charge in [-0.3, -0.25) is 0 Å². The molecule has 0 atom stereocenters. The minimum Gasteiger partial charge on any atom is -0.338 e. The van der Waals surface area contributed by atoms with Crippen LogP contribution in [0.15, 0.2) is 128 Å². The first-order valence-corrected chi connectivity index (χ1v) is 17.5. The average Bonchev–Trinajstić information content (AvgIpc) is 3.31. The van der Waals surface area contributed by atoms with Crippen LogP contribution in [0.3, 0.4) is 0 Å². The summed E-state index contributed by atoms with van der Waals surface area (Å²) in [6.07, 6.45) is 12.3. The zero-order valence-corrected chi connectivity index (χ0v) is 26.9. The molecule has 6 heteroatoms. The summed E-state index contributed by atoms with van der Waals surface area (Å²) >= 11 is 10.6. The fraction of sp³-hybridized carbons (Fsp3) is 0.147. The predicted octanol–water partition coefficient (Wildman–Crippen LogP) is 10.8. The predicted molar refractivity (Wildman–Crippen MR) is 187 cm³/mol. The number of hydrogen-bond acceptors (Lipinski definition) is 4. The Morgan fingerprint density at radius 1 is 0.750 bits per heavy atom. The summed E-state index contributed by atoms with van der Waals surface area (Å²) in [5, 5.41) is 7.40. The average molecular weight is 691 g/mol. The molecule has 200 valence electrons. The number of hydrogen-bond donors (Lipinski definition) is 0. The zero-order chi connectivity index (χ0) is 27.2. The van der Waals surface area contributed by atoms with Crippen molar-refractivity contribution in [3.05, 3.63) is 118 Å². The molecule has 4 aromatic carbocycles. The maximum Gasteiger partial charge on any atom is 0.0799 e. The number of fused-ring (bicyclic) bond motifs is 6. The molecular weight excluding hydrogens is 663 g/mol. The van der Waals surface area contributed by atoms with Crippen molar-refractivity contribution in [3.8, 4) is 0 Å². The zero-order valence-electron chi connectivity index (χ0n) is 22.3. The highest BCUT2D eigenvalue weighted by Gasteiger charge is 2.24. The summed E-state index contributed by atoms with van der Waals surface area (Å²) in [4.78, 5) is 5.00. The molecule has 0 saturated carbocycles. The first-order chi connectivity index (χ1) is 19.6. The van der Waals surface area contributed by atoms with Gasteiger partial charge >= 0.3 is 0 Å². The Bertz CT molecular complexity index is 1830. The molecule has 0 unspecified atom stereocenters. The van der Waals surface area contributed by atoms with Crippen LogP contribution in [0.4, 0.5) is 11.4 Å². The number of anilines is 2. The number of benzene rings is 4. The monoisotopic (exact) mass is 690 g/mol. The van der Waals surface area contributed by atoms with Gasteiger partial charge in [-0.05, 0) is 76.2 Å². The summed E-state index contributed by atoms with van der Waals surface area (Å²) in [6, 6.07) is 26.3. The van der Waals surface area contributed by atoms with Crippen LogP contribution >= 0.6 is 56.1 Å². The van der Waals surface area contributed by atoms with Gasteiger partial charge in [0.2, 0.25) is 0 Å². The van der Waals surface area contributed by atoms with E-state index >= 15 is 0 Å². The second kappa shape index (κ2) is 11.1. The molecule has 4 aromatic rings. The SMILES string of the molecule is CN1I=C(/C=C/C2=C(Cl)C(=C/C=C3\Sc4c(ccc5ccccc45)N3C)/CCC2)Sc2c1ccc1ccccc21. The van der Waals surface area contributed by atoms with Gasteiger partial charge in [0.1, 0.15) is 0 Å². The molecule has 2 aliphatic heterocycles. The van der Waals surface area contributed by atoms with Gasteiger partial charge in [0.25, 0.3) is 0 Å². The van der Waals surface area contributed by atoms with Crippen molar-refractivity contribution in [1.29, 1.82) is 0 Å². The lowest BCUT2D eigenvalue weighted by Gasteiger charge is -2.24. The first-order valence-electron chi connectivity index (χ1n) is 13.4. The highest BCUT2D eigenvalue weighted by atomic mass is 127. The summed E-state index contributed by atoms with van der Waals surface area (Å²) in [7, 11) is 4.39. The molecule has 0 amide bonds. The van der Waals surface area contributed by atoms with Gasteiger partial charge in [-0.15, -0.1) is 0 Å². The van der Waals surface area contributed by atoms with E-state index in [0.29, 0.717) is 0 Å². The molecule has 7 rings (SSSR count). The second-order valence-corrected chi connectivity index (χ2v) is 16.4. The third-order valence-electron chi connectivity index (χ3n) is 7.66. The highest BCUT2D eigenvalue weighted by Crippen LogP contribution is 2.49. The van der Waals surface area contributed by atoms with Crippen LogP contribution in [0.1, 0.15) is 19.3 Å². The Morgan fingerprint density at radius 3 is 2.17 bits per heavy atom. The molecule has 0 spiro atoms. The molecule has 0 bridgehead atoms. The topological polar surface area (TPSA) is 6.48 Å². The van der Waals surface area contributed by atoms with Crippen molar-refractivity contribution in [2.24, 2.45) is 0 Å². The Hall–Kier alpha value is -2.45. The standard InChI is InChI=1S/C34H28ClIN2S2/c1-37-28-18-14-22-8-3-5-12-26(22)33(28)40-31(37)21-17-25-11-7-10-24(32(25)35)16-20-30-36-38(2)29-19-15-23-9-4-6-13-27(23)34(29)39-30/h3-6,8-9,12-21H,7,10-11H2,1-2H3/b20-16+,25-17+,31-21-. The third kappa shape index (κ3) is 4.85. The van der Waals surface area contributed by atoms with Gasteiger partial charge in [-0.1, -0.05) is 108 Å². The lowest BCUT2D eigenvalue weighted by atomic mass is 9.94. The van der Waals surface area contributed by atoms with E-state index in [1.54, 1.807) is 0 Å². The fourth-order valence-corrected chi connectivity index (χ4v) is 11.5. The van der Waals surface area contributed by atoms with E-state index < -0.39 is 0 Å². The van der Waals surface area contributed by atoms with Crippen LogP contribution in [-0.4, -0.2) is 16.9 Å². The maximum atomic E-state index is 7.04. The first kappa shape index (κ1) is 26.4. The van der Waals surface area contributed by atoms with E-state index in [1.807, 2.05) is 23.5 Å². The van der Waals surface area contributed by atoms with Gasteiger partial charge in [0.15, 0.2) is 0 Å². The Kier molecular flexibility index (Phi) is 7.33. The molecule has 1 aliphatic carbocycles. The molecule has 0 saturated heterocycles. The Labute approximate surface area is 259 Å². The quantitative estimate of drug-likeness (QED) is 0.156. The Morgan fingerprint density at radius 2 is 1.43 bits per heavy atom. The normalized spacial score (nSPS) is 19.5. The minimum atomic E-state index is -0.241. The molecule has 2 heterocycles. The molecule has 0 aromatic heterocycles. The minimum absolute atomic E-state index is 0.241. The lowest BCUT2D eigenvalue weighted by Crippen LogP contribution is -2.09. The van der Waals surface area contributed by atoms with Gasteiger partial charge in [0.05, 0.1) is 19.2 Å². The van der Waals surface area contributed by atoms with Crippen molar-refractivity contribution < 1.29 is 0 Å². The smallest absolute Gasteiger partial charge is 0.0799 e. The number of allylic oxidation sites excluding steroid dienone is 6. The number of thioether (sulfide) groups is 2. The van der Waals surface area contributed by atoms with Crippen molar-refractivity contribution in [2.75, 3.05) is 22.1 Å². The van der Waals surface area contributed by atoms with Crippen molar-refractivity contribution in [2.45, 2.75) is 29.1 Å². The van der Waals surface area contributed by atoms with Crippen molar-refractivity contribution >= 4 is 91.9 Å². The lowest BCUT2D eigenvalue weighted by molar-refractivity contribution is 0.792. The molecular formula is C34H28ClIN2S2. The second-order valence-electron chi connectivity index (χ2n) is 10.1. The van der Waals surface area contributed by atoms with Crippen LogP contribution < -0.4 is 8.01 Å². The molecule has 3 aliphatic rings. The molecule has 0 radical (unpaired) electrons. The summed E-state index contributed by atoms with van der Waals surface area (Å²) in [6.45, 7) is 0. The van der Waals surface area contributed by atoms with Crippen molar-refractivity contribution in [1.82, 2.24) is 0 Å². The third-order valence-corrected chi connectivity index (χ3v) is 13.6. The summed E-state index contributed by atoms with van der Waals surface area (Å²) in [5.41, 5.74) is 5.11. The van der Waals surface area contributed by atoms with Gasteiger partial charge in [-0.2, -0.15) is 0 Å². The summed E-state index contributed by atoms with van der Waals surface area (Å²) < 4.78 is 3.91. The maximum absolute atomic E-state index is 7.04. The van der Waals surface area contributed by atoms with E-state index in [2.05, 4.69) is 119 Å². The van der Waals surface area contributed by atoms with Crippen LogP contribution in [0, 0.1) is 0 Å². The van der Waals surface area contributed by atoms with Crippen molar-refractivity contribution in [3.63, 3.8) is 0 Å². The molecule has 0 N–H and O–H groups in total. The van der Waals surface area contributed by atoms with Gasteiger partial charge in [-0.25, -0.2) is 0 Å². The number of rotatable bonds is 3. The van der Waals surface area contributed by atoms with Gasteiger partial charge < -0.3 is 8.01 Å². The van der Waals surface area contributed by atoms with E-state index in [9.17, 15) is 0 Å². The van der Waals surface area contributed by atoms with Crippen LogP contribution in [-0.2, 0) is 0 Å². The fourth-order valence-electron chi connectivity index (χ4n) is 5.52. The molecule has 40 heavy (non-hydrogen) atoms. The van der Waals surface area contributed by atoms with Crippen LogP contribution in [0.5, 0.6) is 0 Å². The number of nitrogens with zero attached hydrogens (tertiary/aromatic N) is 2. The van der Waals surface area contributed by atoms with Crippen LogP contribution in [0.2, 0.25) is 0 Å². The largest absolute Gasteiger partial charge is 0.338 e. The summed E-state index contributed by atoms with van der Waals surface area (Å²) in [5.74, 6) is 0. The van der Waals surface area contributed by atoms with E-state index in [-0.39, 0.29) is 21.0 Å². The van der Waals surface area contributed by atoms with E-state index in [4.69, 9.17) is 11.6 Å². The molecule has 2 nitrogen and oxygen atoms in total. The van der Waals surface area contributed by atoms with E-state index in [0.717, 1.165) is 24.3 Å². The van der Waals surface area contributed by atoms with Crippen LogP contribution in [0.25, 0.3) is 21.5 Å². The van der Waals surface area contributed by atoms with E-state index in [1.165, 1.54) is 61.7 Å². The number of halogens is 2.